The second-order valence-corrected chi connectivity index (χ2v) is 3.98. The third-order valence-corrected chi connectivity index (χ3v) is 2.88. The SMILES string of the molecule is C=C=C1c2ccccc2CCC1(C)O. The Morgan fingerprint density at radius 2 is 2.14 bits per heavy atom. The van der Waals surface area contributed by atoms with E-state index in [1.807, 2.05) is 25.1 Å². The van der Waals surface area contributed by atoms with Crippen molar-refractivity contribution in [1.82, 2.24) is 0 Å². The standard InChI is InChI=1S/C13H14O/c1-3-12-11-7-5-4-6-10(11)8-9-13(12,2)14/h4-7,14H,1,8-9H2,2H3. The van der Waals surface area contributed by atoms with Crippen molar-refractivity contribution < 1.29 is 5.11 Å². The van der Waals surface area contributed by atoms with E-state index in [2.05, 4.69) is 18.4 Å². The minimum atomic E-state index is -0.768. The van der Waals surface area contributed by atoms with Gasteiger partial charge in [-0.2, -0.15) is 0 Å². The van der Waals surface area contributed by atoms with Gasteiger partial charge in [0.25, 0.3) is 0 Å². The number of benzene rings is 1. The molecule has 1 aliphatic carbocycles. The molecule has 0 radical (unpaired) electrons. The van der Waals surface area contributed by atoms with Crippen LogP contribution in [0.1, 0.15) is 24.5 Å². The van der Waals surface area contributed by atoms with Gasteiger partial charge in [0.05, 0.1) is 5.60 Å². The number of hydrogen-bond donors (Lipinski definition) is 1. The molecule has 1 aromatic rings. The molecular formula is C13H14O. The lowest BCUT2D eigenvalue weighted by atomic mass is 9.78. The molecule has 0 bridgehead atoms. The van der Waals surface area contributed by atoms with Gasteiger partial charge < -0.3 is 5.11 Å². The van der Waals surface area contributed by atoms with Gasteiger partial charge in [-0.1, -0.05) is 30.8 Å². The predicted octanol–water partition coefficient (Wildman–Crippen LogP) is 2.55. The zero-order valence-corrected chi connectivity index (χ0v) is 8.38. The minimum absolute atomic E-state index is 0.752. The van der Waals surface area contributed by atoms with Crippen LogP contribution in [0.4, 0.5) is 0 Å². The van der Waals surface area contributed by atoms with Gasteiger partial charge in [-0.15, -0.1) is 5.73 Å². The summed E-state index contributed by atoms with van der Waals surface area (Å²) in [6, 6.07) is 8.13. The van der Waals surface area contributed by atoms with Crippen molar-refractivity contribution >= 4 is 5.57 Å². The van der Waals surface area contributed by atoms with Gasteiger partial charge in [0.15, 0.2) is 0 Å². The van der Waals surface area contributed by atoms with Crippen molar-refractivity contribution in [2.75, 3.05) is 0 Å². The molecule has 0 heterocycles. The Labute approximate surface area is 84.4 Å². The van der Waals surface area contributed by atoms with Crippen LogP contribution in [0, 0.1) is 0 Å². The van der Waals surface area contributed by atoms with Gasteiger partial charge in [-0.05, 0) is 30.9 Å². The summed E-state index contributed by atoms with van der Waals surface area (Å²) in [4.78, 5) is 0. The average molecular weight is 186 g/mol. The fourth-order valence-electron chi connectivity index (χ4n) is 2.06. The Morgan fingerprint density at radius 1 is 1.43 bits per heavy atom. The van der Waals surface area contributed by atoms with Crippen LogP contribution in [0.25, 0.3) is 5.57 Å². The molecule has 0 aromatic heterocycles. The Morgan fingerprint density at radius 3 is 2.86 bits per heavy atom. The highest BCUT2D eigenvalue weighted by molar-refractivity contribution is 5.74. The van der Waals surface area contributed by atoms with Crippen molar-refractivity contribution in [2.24, 2.45) is 0 Å². The van der Waals surface area contributed by atoms with E-state index >= 15 is 0 Å². The van der Waals surface area contributed by atoms with Crippen LogP contribution in [-0.4, -0.2) is 10.7 Å². The van der Waals surface area contributed by atoms with Gasteiger partial charge in [-0.3, -0.25) is 0 Å². The number of aryl methyl sites for hydroxylation is 1. The molecule has 1 aliphatic rings. The van der Waals surface area contributed by atoms with Crippen molar-refractivity contribution in [2.45, 2.75) is 25.4 Å². The Kier molecular flexibility index (Phi) is 2.07. The number of hydrogen-bond acceptors (Lipinski definition) is 1. The lowest BCUT2D eigenvalue weighted by Gasteiger charge is -2.31. The van der Waals surface area contributed by atoms with E-state index in [1.165, 1.54) is 5.56 Å². The molecule has 1 aromatic carbocycles. The Bertz CT molecular complexity index is 409. The molecule has 0 aliphatic heterocycles. The number of fused-ring (bicyclic) bond motifs is 1. The minimum Gasteiger partial charge on any atom is -0.385 e. The third kappa shape index (κ3) is 1.31. The topological polar surface area (TPSA) is 20.2 Å². The molecule has 72 valence electrons. The molecule has 2 rings (SSSR count). The number of aliphatic hydroxyl groups is 1. The van der Waals surface area contributed by atoms with Crippen molar-refractivity contribution in [3.63, 3.8) is 0 Å². The lowest BCUT2D eigenvalue weighted by Crippen LogP contribution is -2.30. The summed E-state index contributed by atoms with van der Waals surface area (Å²) in [6.07, 6.45) is 1.68. The van der Waals surface area contributed by atoms with Crippen LogP contribution < -0.4 is 0 Å². The van der Waals surface area contributed by atoms with Gasteiger partial charge >= 0.3 is 0 Å². The van der Waals surface area contributed by atoms with Gasteiger partial charge in [0.1, 0.15) is 0 Å². The largest absolute Gasteiger partial charge is 0.385 e. The maximum absolute atomic E-state index is 10.1. The van der Waals surface area contributed by atoms with E-state index in [-0.39, 0.29) is 0 Å². The molecule has 14 heavy (non-hydrogen) atoms. The van der Waals surface area contributed by atoms with E-state index in [4.69, 9.17) is 0 Å². The van der Waals surface area contributed by atoms with Crippen LogP contribution in [0.3, 0.4) is 0 Å². The Balaban J connectivity index is 2.63. The van der Waals surface area contributed by atoms with E-state index in [0.717, 1.165) is 24.0 Å². The second-order valence-electron chi connectivity index (χ2n) is 3.98. The summed E-state index contributed by atoms with van der Waals surface area (Å²) in [5.74, 6) is 0. The Hall–Kier alpha value is -1.30. The summed E-state index contributed by atoms with van der Waals surface area (Å²) < 4.78 is 0. The summed E-state index contributed by atoms with van der Waals surface area (Å²) in [5.41, 5.74) is 5.31. The van der Waals surface area contributed by atoms with Crippen molar-refractivity contribution in [1.29, 1.82) is 0 Å². The maximum atomic E-state index is 10.1. The van der Waals surface area contributed by atoms with Gasteiger partial charge in [-0.25, -0.2) is 0 Å². The molecule has 1 nitrogen and oxygen atoms in total. The first kappa shape index (κ1) is 9.26. The highest BCUT2D eigenvalue weighted by Gasteiger charge is 2.31. The predicted molar refractivity (Wildman–Crippen MR) is 57.9 cm³/mol. The molecule has 0 fully saturated rings. The second kappa shape index (κ2) is 3.13. The summed E-state index contributed by atoms with van der Waals surface area (Å²) in [6.45, 7) is 5.49. The molecule has 0 saturated heterocycles. The normalized spacial score (nSPS) is 25.4. The zero-order valence-electron chi connectivity index (χ0n) is 8.38. The van der Waals surface area contributed by atoms with Crippen molar-refractivity contribution in [3.8, 4) is 0 Å². The monoisotopic (exact) mass is 186 g/mol. The van der Waals surface area contributed by atoms with E-state index in [0.29, 0.717) is 0 Å². The maximum Gasteiger partial charge on any atom is 0.0948 e. The lowest BCUT2D eigenvalue weighted by molar-refractivity contribution is 0.109. The first-order valence-electron chi connectivity index (χ1n) is 4.86. The summed E-state index contributed by atoms with van der Waals surface area (Å²) in [5, 5.41) is 10.1. The van der Waals surface area contributed by atoms with Crippen LogP contribution in [-0.2, 0) is 6.42 Å². The van der Waals surface area contributed by atoms with Crippen LogP contribution in [0.2, 0.25) is 0 Å². The highest BCUT2D eigenvalue weighted by atomic mass is 16.3. The average Bonchev–Trinajstić information content (AvgIpc) is 2.17. The van der Waals surface area contributed by atoms with Crippen LogP contribution in [0.5, 0.6) is 0 Å². The van der Waals surface area contributed by atoms with Crippen LogP contribution >= 0.6 is 0 Å². The van der Waals surface area contributed by atoms with E-state index in [1.54, 1.807) is 0 Å². The highest BCUT2D eigenvalue weighted by Crippen LogP contribution is 2.37. The first-order valence-corrected chi connectivity index (χ1v) is 4.86. The van der Waals surface area contributed by atoms with Crippen LogP contribution in [0.15, 0.2) is 36.6 Å². The molecule has 0 spiro atoms. The van der Waals surface area contributed by atoms with E-state index < -0.39 is 5.60 Å². The molecule has 0 amide bonds. The molecule has 1 atom stereocenters. The summed E-state index contributed by atoms with van der Waals surface area (Å²) >= 11 is 0. The fraction of sp³-hybridized carbons (Fsp3) is 0.308. The summed E-state index contributed by atoms with van der Waals surface area (Å²) in [7, 11) is 0. The van der Waals surface area contributed by atoms with E-state index in [9.17, 15) is 5.11 Å². The quantitative estimate of drug-likeness (QED) is 0.617. The number of rotatable bonds is 0. The third-order valence-electron chi connectivity index (χ3n) is 2.88. The van der Waals surface area contributed by atoms with Crippen molar-refractivity contribution in [3.05, 3.63) is 47.7 Å². The van der Waals surface area contributed by atoms with Gasteiger partial charge in [0.2, 0.25) is 0 Å². The van der Waals surface area contributed by atoms with Gasteiger partial charge in [0, 0.05) is 5.57 Å². The molecule has 1 unspecified atom stereocenters. The first-order chi connectivity index (χ1) is 6.65. The molecule has 1 N–H and O–H groups in total. The molecule has 0 saturated carbocycles. The molecule has 1 heteroatoms. The fourth-order valence-corrected chi connectivity index (χ4v) is 2.06. The molecular weight excluding hydrogens is 172 g/mol. The zero-order chi connectivity index (χ0) is 10.2. The smallest absolute Gasteiger partial charge is 0.0948 e.